The highest BCUT2D eigenvalue weighted by Gasteiger charge is 2.25. The number of amides is 1. The molecule has 1 aromatic rings. The molecule has 9 heteroatoms. The first-order chi connectivity index (χ1) is 10.6. The van der Waals surface area contributed by atoms with Crippen molar-refractivity contribution >= 4 is 33.5 Å². The Morgan fingerprint density at radius 1 is 1.27 bits per heavy atom. The summed E-state index contributed by atoms with van der Waals surface area (Å²) in [5.41, 5.74) is -0.154. The van der Waals surface area contributed by atoms with Crippen molar-refractivity contribution in [2.24, 2.45) is 0 Å². The monoisotopic (exact) mass is 347 g/mol. The molecule has 1 amide bonds. The number of carboxylic acids is 1. The summed E-state index contributed by atoms with van der Waals surface area (Å²) in [6.07, 6.45) is 0.0999. The number of ether oxygens (including phenoxy) is 2. The molecule has 0 atom stereocenters. The maximum atomic E-state index is 13.8. The smallest absolute Gasteiger partial charge is 0.304 e. The van der Waals surface area contributed by atoms with Gasteiger partial charge in [0.05, 0.1) is 6.42 Å². The van der Waals surface area contributed by atoms with Gasteiger partial charge < -0.3 is 19.9 Å². The second-order valence-electron chi connectivity index (χ2n) is 4.20. The van der Waals surface area contributed by atoms with Crippen LogP contribution in [0.15, 0.2) is 12.1 Å². The third-order valence-electron chi connectivity index (χ3n) is 2.67. The average molecular weight is 347 g/mol. The van der Waals surface area contributed by atoms with Gasteiger partial charge in [-0.05, 0) is 12.1 Å². The van der Waals surface area contributed by atoms with Gasteiger partial charge in [-0.1, -0.05) is 21.6 Å². The minimum Gasteiger partial charge on any atom is -0.481 e. The Hall–Kier alpha value is -1.61. The van der Waals surface area contributed by atoms with Crippen molar-refractivity contribution < 1.29 is 28.6 Å². The number of hydrogen-bond acceptors (Lipinski definition) is 6. The molecule has 120 valence electrons. The molecule has 0 fully saturated rings. The zero-order chi connectivity index (χ0) is 15.9. The van der Waals surface area contributed by atoms with Crippen LogP contribution in [0, 0.1) is 5.82 Å². The van der Waals surface area contributed by atoms with Crippen molar-refractivity contribution in [1.82, 2.24) is 5.32 Å². The Balaban J connectivity index is 1.77. The third-order valence-corrected chi connectivity index (χ3v) is 5.08. The molecule has 22 heavy (non-hydrogen) atoms. The fourth-order valence-corrected chi connectivity index (χ4v) is 3.59. The molecule has 1 aliphatic rings. The minimum absolute atomic E-state index is 0.0326. The van der Waals surface area contributed by atoms with Gasteiger partial charge in [0.15, 0.2) is 11.5 Å². The highest BCUT2D eigenvalue weighted by atomic mass is 33.1. The topological polar surface area (TPSA) is 84.9 Å². The van der Waals surface area contributed by atoms with Crippen molar-refractivity contribution in [2.75, 3.05) is 24.8 Å². The molecule has 0 radical (unpaired) electrons. The van der Waals surface area contributed by atoms with E-state index < -0.39 is 17.7 Å². The Labute approximate surface area is 134 Å². The predicted octanol–water partition coefficient (Wildman–Crippen LogP) is 2.14. The summed E-state index contributed by atoms with van der Waals surface area (Å²) in [7, 11) is 2.87. The van der Waals surface area contributed by atoms with Gasteiger partial charge in [0.2, 0.25) is 6.79 Å². The van der Waals surface area contributed by atoms with E-state index >= 15 is 0 Å². The summed E-state index contributed by atoms with van der Waals surface area (Å²) in [5, 5.41) is 11.1. The van der Waals surface area contributed by atoms with E-state index in [4.69, 9.17) is 14.6 Å². The quantitative estimate of drug-likeness (QED) is 0.550. The normalized spacial score (nSPS) is 12.2. The molecule has 1 aromatic carbocycles. The van der Waals surface area contributed by atoms with Crippen LogP contribution in [0.5, 0.6) is 11.5 Å². The summed E-state index contributed by atoms with van der Waals surface area (Å²) in [4.78, 5) is 22.3. The Bertz CT molecular complexity index is 570. The molecule has 0 saturated heterocycles. The van der Waals surface area contributed by atoms with Crippen LogP contribution in [0.25, 0.3) is 0 Å². The first-order valence-electron chi connectivity index (χ1n) is 6.42. The standard InChI is InChI=1S/C13H14FNO5S2/c14-8-1-2-9-12(20-7-19-9)11(8)13(18)15-4-6-22-21-5-3-10(16)17/h1-2H,3-7H2,(H,15,18)(H,16,17). The van der Waals surface area contributed by atoms with Gasteiger partial charge >= 0.3 is 5.97 Å². The largest absolute Gasteiger partial charge is 0.481 e. The lowest BCUT2D eigenvalue weighted by Gasteiger charge is -2.08. The number of carboxylic acid groups (broad SMARTS) is 1. The molecule has 0 spiro atoms. The van der Waals surface area contributed by atoms with Crippen LogP contribution in [0.4, 0.5) is 4.39 Å². The zero-order valence-electron chi connectivity index (χ0n) is 11.5. The Morgan fingerprint density at radius 3 is 2.82 bits per heavy atom. The third kappa shape index (κ3) is 4.44. The molecule has 0 unspecified atom stereocenters. The van der Waals surface area contributed by atoms with E-state index in [1.54, 1.807) is 0 Å². The van der Waals surface area contributed by atoms with Crippen LogP contribution in [0.3, 0.4) is 0 Å². The van der Waals surface area contributed by atoms with E-state index in [2.05, 4.69) is 5.32 Å². The number of rotatable bonds is 8. The van der Waals surface area contributed by atoms with Crippen LogP contribution < -0.4 is 14.8 Å². The highest BCUT2D eigenvalue weighted by molar-refractivity contribution is 8.76. The van der Waals surface area contributed by atoms with E-state index in [9.17, 15) is 14.0 Å². The summed E-state index contributed by atoms with van der Waals surface area (Å²) >= 11 is 0. The lowest BCUT2D eigenvalue weighted by Crippen LogP contribution is -2.26. The molecule has 0 aromatic heterocycles. The zero-order valence-corrected chi connectivity index (χ0v) is 13.1. The summed E-state index contributed by atoms with van der Waals surface area (Å²) in [5.74, 6) is -0.492. The van der Waals surface area contributed by atoms with E-state index in [-0.39, 0.29) is 24.5 Å². The molecule has 1 heterocycles. The van der Waals surface area contributed by atoms with Gasteiger partial charge in [-0.2, -0.15) is 0 Å². The Morgan fingerprint density at radius 2 is 2.05 bits per heavy atom. The Kier molecular flexibility index (Phi) is 6.20. The second kappa shape index (κ2) is 8.14. The van der Waals surface area contributed by atoms with Crippen LogP contribution in [0.2, 0.25) is 0 Å². The summed E-state index contributed by atoms with van der Waals surface area (Å²) < 4.78 is 24.0. The molecule has 0 saturated carbocycles. The molecule has 1 aliphatic heterocycles. The summed E-state index contributed by atoms with van der Waals surface area (Å²) in [6, 6.07) is 2.59. The van der Waals surface area contributed by atoms with Crippen molar-refractivity contribution in [1.29, 1.82) is 0 Å². The maximum absolute atomic E-state index is 13.8. The van der Waals surface area contributed by atoms with Crippen molar-refractivity contribution in [3.63, 3.8) is 0 Å². The molecule has 0 bridgehead atoms. The van der Waals surface area contributed by atoms with E-state index in [0.717, 1.165) is 0 Å². The summed E-state index contributed by atoms with van der Waals surface area (Å²) in [6.45, 7) is 0.308. The van der Waals surface area contributed by atoms with Crippen LogP contribution in [-0.2, 0) is 4.79 Å². The van der Waals surface area contributed by atoms with Crippen molar-refractivity contribution in [3.8, 4) is 11.5 Å². The number of nitrogens with one attached hydrogen (secondary N) is 1. The lowest BCUT2D eigenvalue weighted by molar-refractivity contribution is -0.136. The number of aliphatic carboxylic acids is 1. The van der Waals surface area contributed by atoms with Crippen LogP contribution in [-0.4, -0.2) is 41.8 Å². The number of fused-ring (bicyclic) bond motifs is 1. The average Bonchev–Trinajstić information content (AvgIpc) is 2.93. The van der Waals surface area contributed by atoms with Gasteiger partial charge in [-0.15, -0.1) is 0 Å². The first kappa shape index (κ1) is 16.8. The van der Waals surface area contributed by atoms with Crippen LogP contribution >= 0.6 is 21.6 Å². The fraction of sp³-hybridized carbons (Fsp3) is 0.385. The van der Waals surface area contributed by atoms with E-state index in [1.807, 2.05) is 0 Å². The SMILES string of the molecule is O=C(O)CCSSCCNC(=O)c1c(F)ccc2c1OCO2. The van der Waals surface area contributed by atoms with Crippen molar-refractivity contribution in [2.45, 2.75) is 6.42 Å². The fourth-order valence-electron chi connectivity index (χ4n) is 1.70. The number of benzene rings is 1. The highest BCUT2D eigenvalue weighted by Crippen LogP contribution is 2.36. The molecule has 2 N–H and O–H groups in total. The van der Waals surface area contributed by atoms with E-state index in [1.165, 1.54) is 33.7 Å². The van der Waals surface area contributed by atoms with Crippen molar-refractivity contribution in [3.05, 3.63) is 23.5 Å². The second-order valence-corrected chi connectivity index (χ2v) is 6.90. The van der Waals surface area contributed by atoms with Gasteiger partial charge in [-0.3, -0.25) is 9.59 Å². The van der Waals surface area contributed by atoms with Crippen LogP contribution in [0.1, 0.15) is 16.8 Å². The van der Waals surface area contributed by atoms with Gasteiger partial charge in [-0.25, -0.2) is 4.39 Å². The van der Waals surface area contributed by atoms with E-state index in [0.29, 0.717) is 23.8 Å². The minimum atomic E-state index is -0.836. The first-order valence-corrected chi connectivity index (χ1v) is 8.91. The number of hydrogen-bond donors (Lipinski definition) is 2. The number of carbonyl (C=O) groups is 2. The molecule has 0 aliphatic carbocycles. The molecular weight excluding hydrogens is 333 g/mol. The number of carbonyl (C=O) groups excluding carboxylic acids is 1. The lowest BCUT2D eigenvalue weighted by atomic mass is 10.1. The molecule has 6 nitrogen and oxygen atoms in total. The van der Waals surface area contributed by atoms with Gasteiger partial charge in [0, 0.05) is 18.1 Å². The van der Waals surface area contributed by atoms with Gasteiger partial charge in [0.25, 0.3) is 5.91 Å². The maximum Gasteiger partial charge on any atom is 0.304 e. The predicted molar refractivity (Wildman–Crippen MR) is 82.0 cm³/mol. The molecular formula is C13H14FNO5S2. The number of halogens is 1. The molecule has 2 rings (SSSR count). The van der Waals surface area contributed by atoms with Gasteiger partial charge in [0.1, 0.15) is 11.4 Å².